The quantitative estimate of drug-likeness (QED) is 0.489. The summed E-state index contributed by atoms with van der Waals surface area (Å²) >= 11 is 7.56. The molecule has 1 aliphatic rings. The van der Waals surface area contributed by atoms with Crippen LogP contribution in [0.2, 0.25) is 5.02 Å². The first-order chi connectivity index (χ1) is 16.0. The number of halogens is 1. The van der Waals surface area contributed by atoms with E-state index in [1.165, 1.54) is 17.4 Å². The standard InChI is InChI=1S/C23H21ClN2O6S/c1-29-18-6-3-2-5-17(18)26-20(27)11-21-25-15(13-33-21)12-32-23(28)14-9-16(24)22-19(10-14)30-7-4-8-31-22/h2-3,5-6,9-10,13H,4,7-8,11-12H2,1H3,(H,26,27). The summed E-state index contributed by atoms with van der Waals surface area (Å²) in [6.07, 6.45) is 0.822. The van der Waals surface area contributed by atoms with Crippen molar-refractivity contribution in [2.24, 2.45) is 0 Å². The molecule has 0 atom stereocenters. The molecule has 0 radical (unpaired) electrons. The molecule has 2 aromatic carbocycles. The lowest BCUT2D eigenvalue weighted by Gasteiger charge is -2.11. The van der Waals surface area contributed by atoms with E-state index in [0.29, 0.717) is 51.9 Å². The van der Waals surface area contributed by atoms with Crippen LogP contribution < -0.4 is 19.5 Å². The van der Waals surface area contributed by atoms with Gasteiger partial charge in [0.2, 0.25) is 5.91 Å². The van der Waals surface area contributed by atoms with Gasteiger partial charge in [-0.05, 0) is 24.3 Å². The van der Waals surface area contributed by atoms with Gasteiger partial charge >= 0.3 is 5.97 Å². The van der Waals surface area contributed by atoms with Gasteiger partial charge in [0, 0.05) is 11.8 Å². The molecule has 10 heteroatoms. The van der Waals surface area contributed by atoms with Crippen LogP contribution in [-0.4, -0.2) is 37.2 Å². The number of benzene rings is 2. The van der Waals surface area contributed by atoms with Crippen molar-refractivity contribution in [2.75, 3.05) is 25.6 Å². The summed E-state index contributed by atoms with van der Waals surface area (Å²) in [5.74, 6) is 0.646. The molecule has 0 saturated heterocycles. The van der Waals surface area contributed by atoms with Crippen LogP contribution in [0, 0.1) is 0 Å². The van der Waals surface area contributed by atoms with Gasteiger partial charge in [-0.1, -0.05) is 23.7 Å². The maximum absolute atomic E-state index is 12.5. The Morgan fingerprint density at radius 1 is 1.21 bits per heavy atom. The Balaban J connectivity index is 1.33. The fourth-order valence-corrected chi connectivity index (χ4v) is 4.19. The van der Waals surface area contributed by atoms with Gasteiger partial charge in [-0.15, -0.1) is 11.3 Å². The second-order valence-electron chi connectivity index (χ2n) is 7.07. The van der Waals surface area contributed by atoms with E-state index in [1.54, 1.807) is 30.7 Å². The van der Waals surface area contributed by atoms with E-state index in [1.807, 2.05) is 12.1 Å². The summed E-state index contributed by atoms with van der Waals surface area (Å²) < 4.78 is 21.8. The van der Waals surface area contributed by atoms with Crippen LogP contribution >= 0.6 is 22.9 Å². The third-order valence-electron chi connectivity index (χ3n) is 4.68. The average Bonchev–Trinajstić information content (AvgIpc) is 3.11. The summed E-state index contributed by atoms with van der Waals surface area (Å²) in [6.45, 7) is 0.948. The van der Waals surface area contributed by atoms with Crippen LogP contribution in [0.4, 0.5) is 5.69 Å². The van der Waals surface area contributed by atoms with Crippen LogP contribution in [0.3, 0.4) is 0 Å². The van der Waals surface area contributed by atoms with Crippen molar-refractivity contribution in [2.45, 2.75) is 19.4 Å². The number of anilines is 1. The van der Waals surface area contributed by atoms with Crippen molar-refractivity contribution in [1.82, 2.24) is 4.98 Å². The summed E-state index contributed by atoms with van der Waals surface area (Å²) in [7, 11) is 1.54. The molecule has 1 aliphatic heterocycles. The lowest BCUT2D eigenvalue weighted by Crippen LogP contribution is -2.15. The number of hydrogen-bond acceptors (Lipinski definition) is 8. The molecule has 172 valence electrons. The minimum atomic E-state index is -0.559. The molecule has 0 unspecified atom stereocenters. The third kappa shape index (κ3) is 5.74. The fourth-order valence-electron chi connectivity index (χ4n) is 3.15. The van der Waals surface area contributed by atoms with Crippen molar-refractivity contribution in [3.05, 3.63) is 63.1 Å². The predicted molar refractivity (Wildman–Crippen MR) is 124 cm³/mol. The lowest BCUT2D eigenvalue weighted by atomic mass is 10.2. The third-order valence-corrected chi connectivity index (χ3v) is 5.86. The van der Waals surface area contributed by atoms with Crippen LogP contribution in [0.15, 0.2) is 41.8 Å². The van der Waals surface area contributed by atoms with Crippen molar-refractivity contribution in [3.8, 4) is 17.2 Å². The van der Waals surface area contributed by atoms with Gasteiger partial charge in [-0.25, -0.2) is 9.78 Å². The van der Waals surface area contributed by atoms with Crippen molar-refractivity contribution >= 4 is 40.5 Å². The Bertz CT molecular complexity index is 1170. The molecule has 33 heavy (non-hydrogen) atoms. The zero-order valence-corrected chi connectivity index (χ0v) is 19.3. The van der Waals surface area contributed by atoms with Crippen LogP contribution in [0.1, 0.15) is 27.5 Å². The molecule has 3 aromatic rings. The largest absolute Gasteiger partial charge is 0.495 e. The molecule has 0 bridgehead atoms. The molecule has 1 amide bonds. The number of nitrogens with zero attached hydrogens (tertiary/aromatic N) is 1. The lowest BCUT2D eigenvalue weighted by molar-refractivity contribution is -0.115. The molecule has 2 heterocycles. The number of carbonyl (C=O) groups excluding carboxylic acids is 2. The minimum Gasteiger partial charge on any atom is -0.495 e. The highest BCUT2D eigenvalue weighted by atomic mass is 35.5. The van der Waals surface area contributed by atoms with Gasteiger partial charge in [-0.3, -0.25) is 4.79 Å². The number of ether oxygens (including phenoxy) is 4. The number of methoxy groups -OCH3 is 1. The van der Waals surface area contributed by atoms with E-state index in [4.69, 9.17) is 30.5 Å². The van der Waals surface area contributed by atoms with E-state index < -0.39 is 5.97 Å². The number of rotatable bonds is 7. The second-order valence-corrected chi connectivity index (χ2v) is 8.42. The number of amides is 1. The average molecular weight is 489 g/mol. The number of para-hydroxylation sites is 2. The first kappa shape index (κ1) is 22.9. The summed E-state index contributed by atoms with van der Waals surface area (Å²) in [6, 6.07) is 10.2. The highest BCUT2D eigenvalue weighted by molar-refractivity contribution is 7.09. The van der Waals surface area contributed by atoms with E-state index in [0.717, 1.165) is 6.42 Å². The second kappa shape index (κ2) is 10.5. The molecule has 0 saturated carbocycles. The molecule has 4 rings (SSSR count). The molecule has 0 spiro atoms. The van der Waals surface area contributed by atoms with Crippen molar-refractivity contribution < 1.29 is 28.5 Å². The topological polar surface area (TPSA) is 96.0 Å². The SMILES string of the molecule is COc1ccccc1NC(=O)Cc1nc(COC(=O)c2cc(Cl)c3c(c2)OCCCO3)cs1. The first-order valence-electron chi connectivity index (χ1n) is 10.2. The number of thiazole rings is 1. The summed E-state index contributed by atoms with van der Waals surface area (Å²) in [4.78, 5) is 29.3. The molecule has 1 N–H and O–H groups in total. The van der Waals surface area contributed by atoms with E-state index in [9.17, 15) is 9.59 Å². The number of esters is 1. The molecule has 0 aliphatic carbocycles. The molecule has 1 aromatic heterocycles. The minimum absolute atomic E-state index is 0.0322. The van der Waals surface area contributed by atoms with E-state index in [-0.39, 0.29) is 24.5 Å². The highest BCUT2D eigenvalue weighted by Gasteiger charge is 2.19. The van der Waals surface area contributed by atoms with Gasteiger partial charge in [0.25, 0.3) is 0 Å². The molecule has 8 nitrogen and oxygen atoms in total. The van der Waals surface area contributed by atoms with Crippen LogP contribution in [0.25, 0.3) is 0 Å². The Morgan fingerprint density at radius 2 is 2.03 bits per heavy atom. The highest BCUT2D eigenvalue weighted by Crippen LogP contribution is 2.38. The zero-order valence-electron chi connectivity index (χ0n) is 17.8. The summed E-state index contributed by atoms with van der Waals surface area (Å²) in [5, 5.41) is 5.45. The van der Waals surface area contributed by atoms with E-state index in [2.05, 4.69) is 10.3 Å². The number of nitrogens with one attached hydrogen (secondary N) is 1. The number of fused-ring (bicyclic) bond motifs is 1. The molecular weight excluding hydrogens is 468 g/mol. The van der Waals surface area contributed by atoms with Gasteiger partial charge in [0.05, 0.1) is 48.7 Å². The molecule has 0 fully saturated rings. The van der Waals surface area contributed by atoms with Gasteiger partial charge in [0.1, 0.15) is 17.4 Å². The van der Waals surface area contributed by atoms with Crippen LogP contribution in [0.5, 0.6) is 17.2 Å². The maximum atomic E-state index is 12.5. The summed E-state index contributed by atoms with van der Waals surface area (Å²) in [5.41, 5.74) is 1.40. The maximum Gasteiger partial charge on any atom is 0.338 e. The monoisotopic (exact) mass is 488 g/mol. The fraction of sp³-hybridized carbons (Fsp3) is 0.261. The normalized spacial score (nSPS) is 12.5. The predicted octanol–water partition coefficient (Wildman–Crippen LogP) is 4.50. The number of aromatic nitrogens is 1. The molecular formula is C23H21ClN2O6S. The van der Waals surface area contributed by atoms with Gasteiger partial charge in [0.15, 0.2) is 11.5 Å². The van der Waals surface area contributed by atoms with Crippen molar-refractivity contribution in [1.29, 1.82) is 0 Å². The van der Waals surface area contributed by atoms with Gasteiger partial charge in [-0.2, -0.15) is 0 Å². The van der Waals surface area contributed by atoms with Gasteiger partial charge < -0.3 is 24.3 Å². The van der Waals surface area contributed by atoms with Crippen molar-refractivity contribution in [3.63, 3.8) is 0 Å². The number of carbonyl (C=O) groups is 2. The first-order valence-corrected chi connectivity index (χ1v) is 11.4. The van der Waals surface area contributed by atoms with E-state index >= 15 is 0 Å². The Labute approximate surface area is 199 Å². The van der Waals surface area contributed by atoms with Crippen LogP contribution in [-0.2, 0) is 22.6 Å². The smallest absolute Gasteiger partial charge is 0.338 e. The Morgan fingerprint density at radius 3 is 2.88 bits per heavy atom. The number of hydrogen-bond donors (Lipinski definition) is 1. The zero-order chi connectivity index (χ0) is 23.2. The Hall–Kier alpha value is -3.30. The Kier molecular flexibility index (Phi) is 7.31.